The van der Waals surface area contributed by atoms with Crippen molar-refractivity contribution < 1.29 is 9.90 Å². The van der Waals surface area contributed by atoms with Crippen molar-refractivity contribution in [2.75, 3.05) is 26.7 Å². The van der Waals surface area contributed by atoms with Gasteiger partial charge >= 0.3 is 5.97 Å². The van der Waals surface area contributed by atoms with E-state index in [0.717, 1.165) is 13.1 Å². The van der Waals surface area contributed by atoms with Crippen molar-refractivity contribution in [3.8, 4) is 0 Å². The van der Waals surface area contributed by atoms with E-state index in [-0.39, 0.29) is 0 Å². The molecule has 1 N–H and O–H groups in total. The molecule has 57 valence electrons. The first-order valence-electron chi connectivity index (χ1n) is 3.28. The lowest BCUT2D eigenvalue weighted by molar-refractivity contribution is -0.143. The Morgan fingerprint density at radius 2 is 2.50 bits per heavy atom. The summed E-state index contributed by atoms with van der Waals surface area (Å²) >= 11 is 0. The largest absolute Gasteiger partial charge is 0.480 e. The highest BCUT2D eigenvalue weighted by Gasteiger charge is 2.25. The van der Waals surface area contributed by atoms with Crippen LogP contribution >= 0.6 is 0 Å². The molecule has 1 heterocycles. The fraction of sp³-hybridized carbons (Fsp3) is 0.833. The summed E-state index contributed by atoms with van der Waals surface area (Å²) in [6.07, 6.45) is 0. The summed E-state index contributed by atoms with van der Waals surface area (Å²) in [5, 5.41) is 12.6. The zero-order valence-corrected chi connectivity index (χ0v) is 5.95. The van der Waals surface area contributed by atoms with E-state index in [9.17, 15) is 4.79 Å². The van der Waals surface area contributed by atoms with Crippen LogP contribution in [0.2, 0.25) is 0 Å². The number of carbonyl (C=O) groups is 1. The summed E-state index contributed by atoms with van der Waals surface area (Å²) in [5.74, 6) is -0.772. The maximum atomic E-state index is 10.5. The van der Waals surface area contributed by atoms with Crippen LogP contribution in [-0.2, 0) is 4.79 Å². The van der Waals surface area contributed by atoms with Gasteiger partial charge in [0, 0.05) is 19.6 Å². The van der Waals surface area contributed by atoms with Gasteiger partial charge in [0.2, 0.25) is 0 Å². The van der Waals surface area contributed by atoms with E-state index in [1.807, 2.05) is 11.9 Å². The minimum Gasteiger partial charge on any atom is -0.480 e. The maximum absolute atomic E-state index is 10.5. The van der Waals surface area contributed by atoms with Crippen molar-refractivity contribution in [2.24, 2.45) is 0 Å². The molecule has 1 atom stereocenters. The molecule has 1 unspecified atom stereocenters. The van der Waals surface area contributed by atoms with Crippen LogP contribution in [0, 0.1) is 0 Å². The van der Waals surface area contributed by atoms with Gasteiger partial charge < -0.3 is 5.11 Å². The standard InChI is InChI=1S/C6H11N2O2/c1-8-3-2-7-4-5(8)6(9)10/h5H,2-4H2,1H3,(H,9,10). The van der Waals surface area contributed by atoms with Crippen LogP contribution in [0.15, 0.2) is 0 Å². The zero-order valence-electron chi connectivity index (χ0n) is 5.95. The van der Waals surface area contributed by atoms with Gasteiger partial charge in [0.25, 0.3) is 0 Å². The van der Waals surface area contributed by atoms with Crippen molar-refractivity contribution in [3.05, 3.63) is 0 Å². The summed E-state index contributed by atoms with van der Waals surface area (Å²) in [5.41, 5.74) is 0. The number of piperazine rings is 1. The lowest BCUT2D eigenvalue weighted by Crippen LogP contribution is -2.50. The zero-order chi connectivity index (χ0) is 7.56. The number of likely N-dealkylation sites (N-methyl/N-ethyl adjacent to an activating group) is 1. The normalized spacial score (nSPS) is 28.3. The van der Waals surface area contributed by atoms with Gasteiger partial charge in [-0.1, -0.05) is 0 Å². The molecule has 1 fully saturated rings. The second-order valence-electron chi connectivity index (χ2n) is 2.46. The number of hydrogen-bond donors (Lipinski definition) is 1. The van der Waals surface area contributed by atoms with Gasteiger partial charge in [0.15, 0.2) is 0 Å². The van der Waals surface area contributed by atoms with E-state index in [1.54, 1.807) is 0 Å². The molecule has 0 bridgehead atoms. The Labute approximate surface area is 59.8 Å². The molecule has 0 amide bonds. The predicted molar refractivity (Wildman–Crippen MR) is 35.9 cm³/mol. The van der Waals surface area contributed by atoms with Gasteiger partial charge in [0.05, 0.1) is 0 Å². The maximum Gasteiger partial charge on any atom is 0.322 e. The van der Waals surface area contributed by atoms with Crippen molar-refractivity contribution in [1.29, 1.82) is 0 Å². The van der Waals surface area contributed by atoms with E-state index in [2.05, 4.69) is 5.32 Å². The molecule has 0 saturated carbocycles. The van der Waals surface area contributed by atoms with Crippen molar-refractivity contribution in [1.82, 2.24) is 10.2 Å². The van der Waals surface area contributed by atoms with E-state index < -0.39 is 12.0 Å². The quantitative estimate of drug-likeness (QED) is 0.511. The summed E-state index contributed by atoms with van der Waals surface area (Å²) in [7, 11) is 1.81. The molecule has 1 radical (unpaired) electrons. The van der Waals surface area contributed by atoms with Crippen LogP contribution in [0.5, 0.6) is 0 Å². The molecule has 1 aliphatic rings. The molecule has 10 heavy (non-hydrogen) atoms. The first-order chi connectivity index (χ1) is 4.72. The molecule has 0 aromatic carbocycles. The Kier molecular flexibility index (Phi) is 2.24. The minimum absolute atomic E-state index is 0.395. The second kappa shape index (κ2) is 2.98. The molecule has 4 heteroatoms. The van der Waals surface area contributed by atoms with Gasteiger partial charge in [0.1, 0.15) is 6.04 Å². The number of rotatable bonds is 1. The third-order valence-corrected chi connectivity index (χ3v) is 1.73. The van der Waals surface area contributed by atoms with Crippen LogP contribution in [-0.4, -0.2) is 48.7 Å². The minimum atomic E-state index is -0.772. The van der Waals surface area contributed by atoms with Crippen LogP contribution < -0.4 is 5.32 Å². The van der Waals surface area contributed by atoms with E-state index >= 15 is 0 Å². The first kappa shape index (κ1) is 7.50. The second-order valence-corrected chi connectivity index (χ2v) is 2.46. The molecule has 0 aromatic heterocycles. The molecular weight excluding hydrogens is 132 g/mol. The lowest BCUT2D eigenvalue weighted by Gasteiger charge is -2.28. The SMILES string of the molecule is CN1CC[N]CC1C(=O)O. The van der Waals surface area contributed by atoms with Gasteiger partial charge in [-0.25, -0.2) is 5.32 Å². The smallest absolute Gasteiger partial charge is 0.322 e. The molecule has 0 aromatic rings. The average molecular weight is 143 g/mol. The molecular formula is C6H11N2O2. The molecule has 1 saturated heterocycles. The molecule has 0 spiro atoms. The number of carboxylic acid groups (broad SMARTS) is 1. The van der Waals surface area contributed by atoms with Gasteiger partial charge in [-0.05, 0) is 7.05 Å². The topological polar surface area (TPSA) is 54.6 Å². The summed E-state index contributed by atoms with van der Waals surface area (Å²) in [6, 6.07) is -0.395. The van der Waals surface area contributed by atoms with Crippen LogP contribution in [0.1, 0.15) is 0 Å². The van der Waals surface area contributed by atoms with Crippen molar-refractivity contribution in [2.45, 2.75) is 6.04 Å². The highest BCUT2D eigenvalue weighted by atomic mass is 16.4. The fourth-order valence-corrected chi connectivity index (χ4v) is 1.00. The van der Waals surface area contributed by atoms with E-state index in [1.165, 1.54) is 0 Å². The number of hydrogen-bond acceptors (Lipinski definition) is 2. The van der Waals surface area contributed by atoms with Crippen LogP contribution in [0.25, 0.3) is 0 Å². The average Bonchev–Trinajstić information content (AvgIpc) is 1.88. The van der Waals surface area contributed by atoms with Gasteiger partial charge in [-0.15, -0.1) is 0 Å². The Morgan fingerprint density at radius 1 is 1.80 bits per heavy atom. The first-order valence-corrected chi connectivity index (χ1v) is 3.28. The van der Waals surface area contributed by atoms with Crippen LogP contribution in [0.3, 0.4) is 0 Å². The predicted octanol–water partition coefficient (Wildman–Crippen LogP) is -1.01. The van der Waals surface area contributed by atoms with Gasteiger partial charge in [-0.3, -0.25) is 9.69 Å². The summed E-state index contributed by atoms with van der Waals surface area (Å²) < 4.78 is 0. The lowest BCUT2D eigenvalue weighted by atomic mass is 10.2. The highest BCUT2D eigenvalue weighted by Crippen LogP contribution is 1.99. The number of nitrogens with zero attached hydrogens (tertiary/aromatic N) is 2. The molecule has 4 nitrogen and oxygen atoms in total. The summed E-state index contributed by atoms with van der Waals surface area (Å²) in [6.45, 7) is 1.96. The third-order valence-electron chi connectivity index (χ3n) is 1.73. The van der Waals surface area contributed by atoms with Gasteiger partial charge in [-0.2, -0.15) is 0 Å². The monoisotopic (exact) mass is 143 g/mol. The number of carboxylic acids is 1. The highest BCUT2D eigenvalue weighted by molar-refractivity contribution is 5.73. The fourth-order valence-electron chi connectivity index (χ4n) is 1.00. The molecule has 0 aliphatic carbocycles. The Balaban J connectivity index is 2.47. The Morgan fingerprint density at radius 3 is 2.90 bits per heavy atom. The molecule has 1 aliphatic heterocycles. The Bertz CT molecular complexity index is 138. The van der Waals surface area contributed by atoms with E-state index in [4.69, 9.17) is 5.11 Å². The van der Waals surface area contributed by atoms with Crippen LogP contribution in [0.4, 0.5) is 0 Å². The third kappa shape index (κ3) is 1.46. The van der Waals surface area contributed by atoms with E-state index in [0.29, 0.717) is 6.54 Å². The number of aliphatic carboxylic acids is 1. The molecule has 1 rings (SSSR count). The Hall–Kier alpha value is -0.610. The van der Waals surface area contributed by atoms with Crippen molar-refractivity contribution >= 4 is 5.97 Å². The summed E-state index contributed by atoms with van der Waals surface area (Å²) in [4.78, 5) is 12.3. The van der Waals surface area contributed by atoms with Crippen molar-refractivity contribution in [3.63, 3.8) is 0 Å².